The third-order valence-electron chi connectivity index (χ3n) is 4.33. The summed E-state index contributed by atoms with van der Waals surface area (Å²) >= 11 is 0. The van der Waals surface area contributed by atoms with Crippen molar-refractivity contribution in [3.8, 4) is 0 Å². The van der Waals surface area contributed by atoms with Crippen molar-refractivity contribution in [2.75, 3.05) is 25.7 Å². The molecule has 0 saturated heterocycles. The molecule has 0 atom stereocenters. The summed E-state index contributed by atoms with van der Waals surface area (Å²) in [5.41, 5.74) is 0. The van der Waals surface area contributed by atoms with Crippen molar-refractivity contribution in [1.82, 2.24) is 0 Å². The molecule has 0 fully saturated rings. The molecule has 0 nitrogen and oxygen atoms in total. The van der Waals surface area contributed by atoms with Gasteiger partial charge >= 0.3 is 0 Å². The number of alkyl halides is 2. The van der Waals surface area contributed by atoms with E-state index < -0.39 is 0 Å². The predicted molar refractivity (Wildman–Crippen MR) is 133 cm³/mol. The van der Waals surface area contributed by atoms with E-state index in [0.29, 0.717) is 20.6 Å². The van der Waals surface area contributed by atoms with Crippen molar-refractivity contribution in [2.24, 2.45) is 0 Å². The Labute approximate surface area is 198 Å². The Bertz CT molecular complexity index is 389. The monoisotopic (exact) mass is 542 g/mol. The zero-order valence-corrected chi connectivity index (χ0v) is 24.4. The number of allylic oxidation sites excluding steroid dienone is 4. The Morgan fingerprint density at radius 2 is 0.690 bits per heavy atom. The minimum absolute atomic E-state index is 0. The van der Waals surface area contributed by atoms with Crippen LogP contribution in [0.25, 0.3) is 0 Å². The number of halogens is 2. The van der Waals surface area contributed by atoms with E-state index in [1.165, 1.54) is 0 Å². The van der Waals surface area contributed by atoms with Crippen LogP contribution in [0.4, 0.5) is 8.78 Å². The fourth-order valence-corrected chi connectivity index (χ4v) is 10.5. The molecule has 0 aliphatic rings. The van der Waals surface area contributed by atoms with Crippen LogP contribution in [0.15, 0.2) is 24.3 Å². The maximum absolute atomic E-state index is 12.0. The van der Waals surface area contributed by atoms with Crippen molar-refractivity contribution < 1.29 is 29.2 Å². The van der Waals surface area contributed by atoms with Gasteiger partial charge in [0.15, 0.2) is 0 Å². The van der Waals surface area contributed by atoms with E-state index in [4.69, 9.17) is 0 Å². The maximum atomic E-state index is 12.0. The first kappa shape index (κ1) is 34.5. The second-order valence-electron chi connectivity index (χ2n) is 11.2. The van der Waals surface area contributed by atoms with E-state index in [1.807, 2.05) is 12.2 Å². The second kappa shape index (κ2) is 14.8. The van der Waals surface area contributed by atoms with Gasteiger partial charge in [0.1, 0.15) is 13.3 Å². The van der Waals surface area contributed by atoms with E-state index in [-0.39, 0.29) is 49.6 Å². The summed E-state index contributed by atoms with van der Waals surface area (Å²) in [6.07, 6.45) is 9.34. The third-order valence-corrected chi connectivity index (χ3v) is 12.0. The smallest absolute Gasteiger partial charge is 0.108 e. The summed E-state index contributed by atoms with van der Waals surface area (Å²) in [6.45, 7) is 26.7. The van der Waals surface area contributed by atoms with Crippen molar-refractivity contribution >= 4 is 15.8 Å². The van der Waals surface area contributed by atoms with Crippen molar-refractivity contribution in [1.29, 1.82) is 0 Å². The van der Waals surface area contributed by atoms with Crippen LogP contribution < -0.4 is 0 Å². The van der Waals surface area contributed by atoms with Gasteiger partial charge in [0.2, 0.25) is 0 Å². The van der Waals surface area contributed by atoms with Gasteiger partial charge in [0.25, 0.3) is 0 Å². The van der Waals surface area contributed by atoms with E-state index in [1.54, 1.807) is 12.2 Å². The maximum Gasteiger partial charge on any atom is 0.108 e. The minimum atomic E-state index is -0.336. The Morgan fingerprint density at radius 1 is 0.483 bits per heavy atom. The molecular weight excluding hydrogens is 495 g/mol. The molecule has 178 valence electrons. The van der Waals surface area contributed by atoms with E-state index in [2.05, 4.69) is 83.1 Å². The van der Waals surface area contributed by atoms with Crippen molar-refractivity contribution in [3.05, 3.63) is 24.3 Å². The molecular formula is C24H48F2P2Pd. The fourth-order valence-electron chi connectivity index (χ4n) is 3.59. The van der Waals surface area contributed by atoms with Gasteiger partial charge in [0.05, 0.1) is 0 Å². The zero-order valence-electron chi connectivity index (χ0n) is 21.1. The Balaban J connectivity index is -0.000000451. The Kier molecular flexibility index (Phi) is 17.6. The molecule has 0 aliphatic carbocycles. The van der Waals surface area contributed by atoms with Crippen LogP contribution in [0, 0.1) is 0 Å². The van der Waals surface area contributed by atoms with Gasteiger partial charge in [-0.2, -0.15) is 0 Å². The summed E-state index contributed by atoms with van der Waals surface area (Å²) in [4.78, 5) is 0. The van der Waals surface area contributed by atoms with E-state index in [0.717, 1.165) is 12.3 Å². The molecule has 0 aliphatic heterocycles. The number of rotatable bonds is 6. The molecule has 5 heteroatoms. The normalized spacial score (nSPS) is 13.8. The standard InChI is InChI=1S/2C12H24FP.Pd/c2*1-11(2,3)14(12(4,5)6)10-8-7-9-13;/h2*7-8H,9-10H2,1-6H3;. The van der Waals surface area contributed by atoms with Crippen LogP contribution in [0.3, 0.4) is 0 Å². The molecule has 0 aromatic heterocycles. The van der Waals surface area contributed by atoms with Crippen LogP contribution in [-0.4, -0.2) is 46.3 Å². The van der Waals surface area contributed by atoms with Gasteiger partial charge in [-0.15, -0.1) is 0 Å². The van der Waals surface area contributed by atoms with Crippen LogP contribution in [0.2, 0.25) is 0 Å². The summed E-state index contributed by atoms with van der Waals surface area (Å²) in [5, 5.41) is 1.37. The van der Waals surface area contributed by atoms with Gasteiger partial charge in [-0.1, -0.05) is 123 Å². The van der Waals surface area contributed by atoms with Gasteiger partial charge < -0.3 is 0 Å². The molecule has 0 N–H and O–H groups in total. The largest absolute Gasteiger partial charge is 0.247 e. The second-order valence-corrected chi connectivity index (χ2v) is 19.0. The minimum Gasteiger partial charge on any atom is -0.247 e. The number of hydrogen-bond acceptors (Lipinski definition) is 0. The van der Waals surface area contributed by atoms with Gasteiger partial charge in [0, 0.05) is 20.4 Å². The average Bonchev–Trinajstić information content (AvgIpc) is 2.43. The molecule has 29 heavy (non-hydrogen) atoms. The third kappa shape index (κ3) is 17.1. The fraction of sp³-hybridized carbons (Fsp3) is 0.833. The molecule has 0 bridgehead atoms. The SMILES string of the molecule is CC(C)(C)P(CC=CCF)C(C)(C)C.CC(C)(C)P(CC=CCF)C(C)(C)C.[Pd]. The average molecular weight is 543 g/mol. The summed E-state index contributed by atoms with van der Waals surface area (Å²) in [6, 6.07) is 0. The molecule has 0 spiro atoms. The molecule has 0 aromatic carbocycles. The van der Waals surface area contributed by atoms with E-state index in [9.17, 15) is 8.78 Å². The quantitative estimate of drug-likeness (QED) is 0.178. The summed E-state index contributed by atoms with van der Waals surface area (Å²) in [7, 11) is -0.216. The van der Waals surface area contributed by atoms with Crippen LogP contribution in [0.1, 0.15) is 83.1 Å². The Morgan fingerprint density at radius 3 is 0.828 bits per heavy atom. The molecule has 0 amide bonds. The molecule has 0 aromatic rings. The summed E-state index contributed by atoms with van der Waals surface area (Å²) < 4.78 is 23.9. The van der Waals surface area contributed by atoms with Crippen LogP contribution >= 0.6 is 15.8 Å². The summed E-state index contributed by atoms with van der Waals surface area (Å²) in [5.74, 6) is 0. The molecule has 0 saturated carbocycles. The number of hydrogen-bond donors (Lipinski definition) is 0. The molecule has 0 rings (SSSR count). The first-order chi connectivity index (χ1) is 12.4. The molecule has 0 radical (unpaired) electrons. The van der Waals surface area contributed by atoms with Crippen molar-refractivity contribution in [3.63, 3.8) is 0 Å². The van der Waals surface area contributed by atoms with Crippen LogP contribution in [0.5, 0.6) is 0 Å². The first-order valence-electron chi connectivity index (χ1n) is 10.4. The van der Waals surface area contributed by atoms with Gasteiger partial charge in [-0.3, -0.25) is 0 Å². The zero-order chi connectivity index (χ0) is 22.8. The van der Waals surface area contributed by atoms with Gasteiger partial charge in [-0.05, 0) is 32.9 Å². The Hall–Kier alpha value is 0.862. The molecule has 0 unspecified atom stereocenters. The van der Waals surface area contributed by atoms with Crippen LogP contribution in [-0.2, 0) is 20.4 Å². The topological polar surface area (TPSA) is 0 Å². The first-order valence-corrected chi connectivity index (χ1v) is 13.4. The predicted octanol–water partition coefficient (Wildman–Crippen LogP) is 9.18. The van der Waals surface area contributed by atoms with Crippen molar-refractivity contribution in [2.45, 2.75) is 104 Å². The molecule has 0 heterocycles. The van der Waals surface area contributed by atoms with E-state index >= 15 is 0 Å². The van der Waals surface area contributed by atoms with Gasteiger partial charge in [-0.25, -0.2) is 8.78 Å².